The summed E-state index contributed by atoms with van der Waals surface area (Å²) in [7, 11) is 0. The molecule has 5 nitrogen and oxygen atoms in total. The Kier molecular flexibility index (Phi) is 4.37. The lowest BCUT2D eigenvalue weighted by Gasteiger charge is -2.14. The fourth-order valence-electron chi connectivity index (χ4n) is 2.71. The van der Waals surface area contributed by atoms with Gasteiger partial charge < -0.3 is 9.47 Å². The summed E-state index contributed by atoms with van der Waals surface area (Å²) in [6.45, 7) is 0.585. The third-order valence-electron chi connectivity index (χ3n) is 3.96. The van der Waals surface area contributed by atoms with Crippen molar-refractivity contribution in [2.24, 2.45) is 0 Å². The van der Waals surface area contributed by atoms with Crippen LogP contribution in [0.3, 0.4) is 0 Å². The number of carbonyl (C=O) groups excluding carboxylic acids is 1. The fraction of sp³-hybridized carbons (Fsp3) is 0.105. The summed E-state index contributed by atoms with van der Waals surface area (Å²) >= 11 is 6.64. The summed E-state index contributed by atoms with van der Waals surface area (Å²) in [5.74, 6) is 1.24. The highest BCUT2D eigenvalue weighted by atomic mass is 32.2. The topological polar surface area (TPSA) is 62.6 Å². The van der Waals surface area contributed by atoms with Crippen LogP contribution in [0.25, 0.3) is 6.08 Å². The number of rotatable bonds is 3. The first-order valence-electron chi connectivity index (χ1n) is 7.78. The van der Waals surface area contributed by atoms with Crippen LogP contribution in [0.1, 0.15) is 16.7 Å². The Morgan fingerprint density at radius 1 is 1.23 bits per heavy atom. The van der Waals surface area contributed by atoms with Gasteiger partial charge in [-0.25, -0.2) is 0 Å². The standard InChI is InChI=1S/C19H12N2O3S2/c20-9-13-3-1-2-12(6-13)8-17-18(22)21(19(25)26-17)10-14-4-5-15-16(7-14)24-11-23-15/h1-8H,10-11H2/b17-8-. The molecular formula is C19H12N2O3S2. The van der Waals surface area contributed by atoms with E-state index in [-0.39, 0.29) is 12.7 Å². The Labute approximate surface area is 159 Å². The predicted molar refractivity (Wildman–Crippen MR) is 102 cm³/mol. The third kappa shape index (κ3) is 3.17. The van der Waals surface area contributed by atoms with Gasteiger partial charge in [-0.05, 0) is 41.5 Å². The smallest absolute Gasteiger partial charge is 0.266 e. The summed E-state index contributed by atoms with van der Waals surface area (Å²) in [4.78, 5) is 14.9. The van der Waals surface area contributed by atoms with E-state index in [0.717, 1.165) is 11.1 Å². The minimum atomic E-state index is -0.139. The van der Waals surface area contributed by atoms with Crippen molar-refractivity contribution >= 4 is 40.3 Å². The molecule has 2 heterocycles. The molecule has 0 radical (unpaired) electrons. The quantitative estimate of drug-likeness (QED) is 0.598. The van der Waals surface area contributed by atoms with Crippen LogP contribution in [-0.2, 0) is 11.3 Å². The van der Waals surface area contributed by atoms with E-state index < -0.39 is 0 Å². The van der Waals surface area contributed by atoms with Crippen LogP contribution >= 0.6 is 24.0 Å². The second kappa shape index (κ2) is 6.83. The van der Waals surface area contributed by atoms with Crippen molar-refractivity contribution in [3.63, 3.8) is 0 Å². The first kappa shape index (κ1) is 16.6. The van der Waals surface area contributed by atoms with E-state index in [1.54, 1.807) is 29.2 Å². The molecule has 2 aliphatic rings. The molecule has 128 valence electrons. The molecule has 1 amide bonds. The second-order valence-electron chi connectivity index (χ2n) is 5.69. The van der Waals surface area contributed by atoms with Gasteiger partial charge in [0.2, 0.25) is 6.79 Å². The number of ether oxygens (including phenoxy) is 2. The van der Waals surface area contributed by atoms with Crippen molar-refractivity contribution in [1.29, 1.82) is 5.26 Å². The molecule has 1 saturated heterocycles. The summed E-state index contributed by atoms with van der Waals surface area (Å²) < 4.78 is 11.2. The summed E-state index contributed by atoms with van der Waals surface area (Å²) in [5.41, 5.74) is 2.26. The lowest BCUT2D eigenvalue weighted by atomic mass is 10.1. The van der Waals surface area contributed by atoms with Gasteiger partial charge in [0.25, 0.3) is 5.91 Å². The zero-order chi connectivity index (χ0) is 18.1. The van der Waals surface area contributed by atoms with Gasteiger partial charge in [-0.2, -0.15) is 5.26 Å². The lowest BCUT2D eigenvalue weighted by molar-refractivity contribution is -0.122. The van der Waals surface area contributed by atoms with Gasteiger partial charge in [0.05, 0.1) is 23.1 Å². The normalized spacial score (nSPS) is 17.0. The SMILES string of the molecule is N#Cc1cccc(/C=C2\SC(=S)N(Cc3ccc4c(c3)OCO4)C2=O)c1. The van der Waals surface area contributed by atoms with Crippen LogP contribution < -0.4 is 9.47 Å². The largest absolute Gasteiger partial charge is 0.454 e. The Morgan fingerprint density at radius 3 is 2.92 bits per heavy atom. The molecule has 2 aromatic carbocycles. The molecule has 7 heteroatoms. The van der Waals surface area contributed by atoms with E-state index in [0.29, 0.717) is 32.8 Å². The fourth-order valence-corrected chi connectivity index (χ4v) is 3.96. The van der Waals surface area contributed by atoms with Crippen molar-refractivity contribution in [2.75, 3.05) is 6.79 Å². The number of carbonyl (C=O) groups is 1. The van der Waals surface area contributed by atoms with Crippen LogP contribution in [0.15, 0.2) is 47.4 Å². The Morgan fingerprint density at radius 2 is 2.08 bits per heavy atom. The second-order valence-corrected chi connectivity index (χ2v) is 7.37. The van der Waals surface area contributed by atoms with Crippen LogP contribution in [-0.4, -0.2) is 21.9 Å². The Hall–Kier alpha value is -2.82. The average Bonchev–Trinajstić information content (AvgIpc) is 3.22. The highest BCUT2D eigenvalue weighted by molar-refractivity contribution is 8.26. The van der Waals surface area contributed by atoms with E-state index in [9.17, 15) is 4.79 Å². The number of nitrogens with zero attached hydrogens (tertiary/aromatic N) is 2. The van der Waals surface area contributed by atoms with Crippen LogP contribution in [0.4, 0.5) is 0 Å². The molecule has 0 saturated carbocycles. The van der Waals surface area contributed by atoms with Gasteiger partial charge in [0.1, 0.15) is 4.32 Å². The Bertz CT molecular complexity index is 995. The van der Waals surface area contributed by atoms with Gasteiger partial charge in [-0.3, -0.25) is 9.69 Å². The maximum absolute atomic E-state index is 12.7. The summed E-state index contributed by atoms with van der Waals surface area (Å²) in [6, 6.07) is 14.8. The van der Waals surface area contributed by atoms with Crippen molar-refractivity contribution < 1.29 is 14.3 Å². The molecule has 0 N–H and O–H groups in total. The minimum absolute atomic E-state index is 0.139. The van der Waals surface area contributed by atoms with Gasteiger partial charge in [0, 0.05) is 0 Å². The molecule has 0 aliphatic carbocycles. The average molecular weight is 380 g/mol. The Balaban J connectivity index is 1.55. The first-order chi connectivity index (χ1) is 12.6. The van der Waals surface area contributed by atoms with E-state index >= 15 is 0 Å². The van der Waals surface area contributed by atoms with Crippen LogP contribution in [0.2, 0.25) is 0 Å². The number of thiocarbonyl (C=S) groups is 1. The molecule has 2 aliphatic heterocycles. The molecule has 0 bridgehead atoms. The predicted octanol–water partition coefficient (Wildman–Crippen LogP) is 3.69. The summed E-state index contributed by atoms with van der Waals surface area (Å²) in [6.07, 6.45) is 1.76. The van der Waals surface area contributed by atoms with Gasteiger partial charge in [-0.15, -0.1) is 0 Å². The molecule has 26 heavy (non-hydrogen) atoms. The van der Waals surface area contributed by atoms with Gasteiger partial charge in [-0.1, -0.05) is 42.2 Å². The number of nitriles is 1. The molecular weight excluding hydrogens is 368 g/mol. The van der Waals surface area contributed by atoms with E-state index in [1.807, 2.05) is 24.3 Å². The number of hydrogen-bond acceptors (Lipinski definition) is 6. The number of amides is 1. The summed E-state index contributed by atoms with van der Waals surface area (Å²) in [5, 5.41) is 9.00. The molecule has 0 aromatic heterocycles. The van der Waals surface area contributed by atoms with Gasteiger partial charge in [0.15, 0.2) is 11.5 Å². The van der Waals surface area contributed by atoms with E-state index in [1.165, 1.54) is 11.8 Å². The molecule has 1 fully saturated rings. The van der Waals surface area contributed by atoms with Crippen LogP contribution in [0, 0.1) is 11.3 Å². The number of thioether (sulfide) groups is 1. The highest BCUT2D eigenvalue weighted by Crippen LogP contribution is 2.36. The third-order valence-corrected chi connectivity index (χ3v) is 5.34. The van der Waals surface area contributed by atoms with Crippen LogP contribution in [0.5, 0.6) is 11.5 Å². The molecule has 2 aromatic rings. The number of fused-ring (bicyclic) bond motifs is 1. The molecule has 0 spiro atoms. The molecule has 0 atom stereocenters. The lowest BCUT2D eigenvalue weighted by Crippen LogP contribution is -2.27. The van der Waals surface area contributed by atoms with Crippen molar-refractivity contribution in [3.05, 3.63) is 64.1 Å². The highest BCUT2D eigenvalue weighted by Gasteiger charge is 2.32. The maximum Gasteiger partial charge on any atom is 0.266 e. The number of hydrogen-bond donors (Lipinski definition) is 0. The molecule has 0 unspecified atom stereocenters. The zero-order valence-corrected chi connectivity index (χ0v) is 15.1. The van der Waals surface area contributed by atoms with E-state index in [4.69, 9.17) is 27.0 Å². The minimum Gasteiger partial charge on any atom is -0.454 e. The van der Waals surface area contributed by atoms with Crippen molar-refractivity contribution in [2.45, 2.75) is 6.54 Å². The first-order valence-corrected chi connectivity index (χ1v) is 9.00. The maximum atomic E-state index is 12.7. The van der Waals surface area contributed by atoms with Crippen molar-refractivity contribution in [1.82, 2.24) is 4.90 Å². The monoisotopic (exact) mass is 380 g/mol. The van der Waals surface area contributed by atoms with E-state index in [2.05, 4.69) is 6.07 Å². The zero-order valence-electron chi connectivity index (χ0n) is 13.5. The van der Waals surface area contributed by atoms with Gasteiger partial charge >= 0.3 is 0 Å². The van der Waals surface area contributed by atoms with Crippen molar-refractivity contribution in [3.8, 4) is 17.6 Å². The number of benzene rings is 2. The molecule has 4 rings (SSSR count).